The summed E-state index contributed by atoms with van der Waals surface area (Å²) >= 11 is 0. The largest absolute Gasteiger partial charge is 0.464 e. The van der Waals surface area contributed by atoms with Gasteiger partial charge in [-0.1, -0.05) is 13.8 Å². The van der Waals surface area contributed by atoms with Crippen LogP contribution in [0.15, 0.2) is 16.5 Å². The summed E-state index contributed by atoms with van der Waals surface area (Å²) < 4.78 is 6.15. The Morgan fingerprint density at radius 1 is 1.30 bits per heavy atom. The van der Waals surface area contributed by atoms with Gasteiger partial charge in [0.25, 0.3) is 0 Å². The molecule has 2 N–H and O–H groups in total. The van der Waals surface area contributed by atoms with E-state index in [-0.39, 0.29) is 6.04 Å². The zero-order chi connectivity index (χ0) is 14.3. The molecule has 2 aliphatic rings. The number of hydrogen-bond acceptors (Lipinski definition) is 3. The SMILES string of the molecule is CC1CC1c1ccc(C(CN)N2CCCC(C)C2C)o1. The number of rotatable bonds is 4. The average molecular weight is 276 g/mol. The maximum Gasteiger partial charge on any atom is 0.122 e. The van der Waals surface area contributed by atoms with E-state index in [1.165, 1.54) is 25.0 Å². The molecule has 2 fully saturated rings. The van der Waals surface area contributed by atoms with Crippen LogP contribution in [0.3, 0.4) is 0 Å². The number of piperidine rings is 1. The molecular formula is C17H28N2O. The molecule has 5 unspecified atom stereocenters. The van der Waals surface area contributed by atoms with Gasteiger partial charge in [0.05, 0.1) is 6.04 Å². The van der Waals surface area contributed by atoms with E-state index in [0.717, 1.165) is 24.1 Å². The second kappa shape index (κ2) is 5.53. The maximum absolute atomic E-state index is 6.15. The van der Waals surface area contributed by atoms with Gasteiger partial charge >= 0.3 is 0 Å². The van der Waals surface area contributed by atoms with E-state index in [4.69, 9.17) is 10.2 Å². The van der Waals surface area contributed by atoms with Gasteiger partial charge < -0.3 is 10.2 Å². The summed E-state index contributed by atoms with van der Waals surface area (Å²) in [6.07, 6.45) is 3.88. The van der Waals surface area contributed by atoms with Crippen molar-refractivity contribution in [3.8, 4) is 0 Å². The van der Waals surface area contributed by atoms with Crippen molar-refractivity contribution < 1.29 is 4.42 Å². The van der Waals surface area contributed by atoms with Crippen LogP contribution in [0, 0.1) is 11.8 Å². The van der Waals surface area contributed by atoms with E-state index in [2.05, 4.69) is 37.8 Å². The summed E-state index contributed by atoms with van der Waals surface area (Å²) in [5.74, 6) is 4.43. The number of nitrogens with zero attached hydrogens (tertiary/aromatic N) is 1. The van der Waals surface area contributed by atoms with E-state index in [1.54, 1.807) is 0 Å². The Labute approximate surface area is 122 Å². The van der Waals surface area contributed by atoms with Gasteiger partial charge in [0.15, 0.2) is 0 Å². The topological polar surface area (TPSA) is 42.4 Å². The highest BCUT2D eigenvalue weighted by Gasteiger charge is 2.38. The first-order chi connectivity index (χ1) is 9.61. The monoisotopic (exact) mass is 276 g/mol. The van der Waals surface area contributed by atoms with E-state index < -0.39 is 0 Å². The van der Waals surface area contributed by atoms with Crippen LogP contribution in [-0.4, -0.2) is 24.0 Å². The Hall–Kier alpha value is -0.800. The molecule has 1 saturated carbocycles. The normalized spacial score (nSPS) is 36.0. The molecule has 0 bridgehead atoms. The van der Waals surface area contributed by atoms with Crippen LogP contribution in [0.4, 0.5) is 0 Å². The van der Waals surface area contributed by atoms with Crippen LogP contribution in [0.25, 0.3) is 0 Å². The van der Waals surface area contributed by atoms with Crippen molar-refractivity contribution in [1.29, 1.82) is 0 Å². The first-order valence-corrected chi connectivity index (χ1v) is 8.17. The van der Waals surface area contributed by atoms with Crippen LogP contribution in [0.5, 0.6) is 0 Å². The molecule has 1 aromatic rings. The molecule has 1 aromatic heterocycles. The third-order valence-corrected chi connectivity index (χ3v) is 5.50. The predicted octanol–water partition coefficient (Wildman–Crippen LogP) is 3.52. The third kappa shape index (κ3) is 2.53. The van der Waals surface area contributed by atoms with Crippen molar-refractivity contribution in [2.45, 2.75) is 58.0 Å². The van der Waals surface area contributed by atoms with Crippen molar-refractivity contribution in [2.24, 2.45) is 17.6 Å². The van der Waals surface area contributed by atoms with Gasteiger partial charge in [-0.25, -0.2) is 0 Å². The Kier molecular flexibility index (Phi) is 3.91. The van der Waals surface area contributed by atoms with Crippen molar-refractivity contribution in [3.05, 3.63) is 23.7 Å². The summed E-state index contributed by atoms with van der Waals surface area (Å²) in [4.78, 5) is 2.55. The van der Waals surface area contributed by atoms with Crippen molar-refractivity contribution in [2.75, 3.05) is 13.1 Å². The van der Waals surface area contributed by atoms with Gasteiger partial charge in [-0.2, -0.15) is 0 Å². The molecule has 0 aromatic carbocycles. The minimum Gasteiger partial charge on any atom is -0.464 e. The lowest BCUT2D eigenvalue weighted by atomic mass is 9.90. The lowest BCUT2D eigenvalue weighted by Gasteiger charge is -2.41. The van der Waals surface area contributed by atoms with Gasteiger partial charge in [0.1, 0.15) is 11.5 Å². The average Bonchev–Trinajstić information content (AvgIpc) is 2.98. The molecule has 1 saturated heterocycles. The Morgan fingerprint density at radius 2 is 2.05 bits per heavy atom. The molecule has 2 heterocycles. The van der Waals surface area contributed by atoms with Gasteiger partial charge in [-0.05, 0) is 56.7 Å². The lowest BCUT2D eigenvalue weighted by Crippen LogP contribution is -2.46. The molecule has 20 heavy (non-hydrogen) atoms. The lowest BCUT2D eigenvalue weighted by molar-refractivity contribution is 0.0608. The minimum atomic E-state index is 0.246. The van der Waals surface area contributed by atoms with Gasteiger partial charge in [-0.15, -0.1) is 0 Å². The van der Waals surface area contributed by atoms with Crippen LogP contribution >= 0.6 is 0 Å². The van der Waals surface area contributed by atoms with Crippen molar-refractivity contribution in [1.82, 2.24) is 4.90 Å². The van der Waals surface area contributed by atoms with E-state index >= 15 is 0 Å². The fourth-order valence-electron chi connectivity index (χ4n) is 3.69. The number of likely N-dealkylation sites (tertiary alicyclic amines) is 1. The standard InChI is InChI=1S/C17H28N2O/c1-11-5-4-8-19(13(11)3)15(10-18)17-7-6-16(20-17)14-9-12(14)2/h6-7,11-15H,4-5,8-10,18H2,1-3H3. The Bertz CT molecular complexity index is 456. The highest BCUT2D eigenvalue weighted by atomic mass is 16.3. The van der Waals surface area contributed by atoms with E-state index in [9.17, 15) is 0 Å². The second-order valence-corrected chi connectivity index (χ2v) is 6.91. The fourth-order valence-corrected chi connectivity index (χ4v) is 3.69. The molecule has 0 spiro atoms. The highest BCUT2D eigenvalue weighted by Crippen LogP contribution is 2.48. The van der Waals surface area contributed by atoms with Crippen LogP contribution in [0.1, 0.15) is 63.5 Å². The van der Waals surface area contributed by atoms with Crippen molar-refractivity contribution in [3.63, 3.8) is 0 Å². The van der Waals surface area contributed by atoms with Crippen LogP contribution in [-0.2, 0) is 0 Å². The first kappa shape index (κ1) is 14.2. The van der Waals surface area contributed by atoms with Crippen LogP contribution in [0.2, 0.25) is 0 Å². The third-order valence-electron chi connectivity index (χ3n) is 5.50. The predicted molar refractivity (Wildman–Crippen MR) is 81.6 cm³/mol. The summed E-state index contributed by atoms with van der Waals surface area (Å²) in [5.41, 5.74) is 6.07. The van der Waals surface area contributed by atoms with Gasteiger partial charge in [-0.3, -0.25) is 4.90 Å². The molecule has 3 heteroatoms. The quantitative estimate of drug-likeness (QED) is 0.915. The summed E-state index contributed by atoms with van der Waals surface area (Å²) in [6.45, 7) is 8.76. The number of hydrogen-bond donors (Lipinski definition) is 1. The van der Waals surface area contributed by atoms with Gasteiger partial charge in [0, 0.05) is 18.5 Å². The van der Waals surface area contributed by atoms with E-state index in [1.807, 2.05) is 0 Å². The zero-order valence-corrected chi connectivity index (χ0v) is 13.0. The Morgan fingerprint density at radius 3 is 2.70 bits per heavy atom. The molecular weight excluding hydrogens is 248 g/mol. The van der Waals surface area contributed by atoms with E-state index in [0.29, 0.717) is 18.5 Å². The van der Waals surface area contributed by atoms with Gasteiger partial charge in [0.2, 0.25) is 0 Å². The molecule has 5 atom stereocenters. The molecule has 112 valence electrons. The first-order valence-electron chi connectivity index (χ1n) is 8.17. The Balaban J connectivity index is 1.76. The minimum absolute atomic E-state index is 0.246. The summed E-state index contributed by atoms with van der Waals surface area (Å²) in [6, 6.07) is 5.16. The molecule has 1 aliphatic heterocycles. The summed E-state index contributed by atoms with van der Waals surface area (Å²) in [7, 11) is 0. The number of nitrogens with two attached hydrogens (primary N) is 1. The molecule has 1 aliphatic carbocycles. The number of furan rings is 1. The zero-order valence-electron chi connectivity index (χ0n) is 13.0. The van der Waals surface area contributed by atoms with Crippen LogP contribution < -0.4 is 5.73 Å². The maximum atomic E-state index is 6.15. The molecule has 0 radical (unpaired) electrons. The highest BCUT2D eigenvalue weighted by molar-refractivity contribution is 5.19. The summed E-state index contributed by atoms with van der Waals surface area (Å²) in [5, 5.41) is 0. The molecule has 0 amide bonds. The second-order valence-electron chi connectivity index (χ2n) is 6.91. The fraction of sp³-hybridized carbons (Fsp3) is 0.765. The molecule has 3 rings (SSSR count). The molecule has 3 nitrogen and oxygen atoms in total. The van der Waals surface area contributed by atoms with Crippen molar-refractivity contribution >= 4 is 0 Å². The smallest absolute Gasteiger partial charge is 0.122 e.